The molecule has 10 heteroatoms. The summed E-state index contributed by atoms with van der Waals surface area (Å²) in [6, 6.07) is 5.05. The zero-order valence-electron chi connectivity index (χ0n) is 12.3. The van der Waals surface area contributed by atoms with Crippen molar-refractivity contribution in [3.05, 3.63) is 46.8 Å². The number of anilines is 1. The summed E-state index contributed by atoms with van der Waals surface area (Å²) < 4.78 is 32.1. The maximum atomic E-state index is 12.3. The molecule has 0 aliphatic heterocycles. The Balaban J connectivity index is 2.43. The van der Waals surface area contributed by atoms with Crippen LogP contribution in [0.25, 0.3) is 0 Å². The van der Waals surface area contributed by atoms with Crippen molar-refractivity contribution in [3.8, 4) is 5.75 Å². The molecule has 2 aromatic rings. The van der Waals surface area contributed by atoms with Crippen LogP contribution in [0.3, 0.4) is 0 Å². The van der Waals surface area contributed by atoms with Crippen LogP contribution in [0.4, 0.5) is 11.6 Å². The monoisotopic (exact) mass is 338 g/mol. The highest BCUT2D eigenvalue weighted by molar-refractivity contribution is 7.92. The predicted octanol–water partition coefficient (Wildman–Crippen LogP) is 1.97. The molecule has 122 valence electrons. The van der Waals surface area contributed by atoms with E-state index in [9.17, 15) is 18.5 Å². The number of nitrogens with zero attached hydrogens (tertiary/aromatic N) is 3. The number of ether oxygens (including phenoxy) is 1. The van der Waals surface area contributed by atoms with E-state index >= 15 is 0 Å². The molecule has 23 heavy (non-hydrogen) atoms. The van der Waals surface area contributed by atoms with Gasteiger partial charge < -0.3 is 4.74 Å². The molecule has 0 spiro atoms. The lowest BCUT2D eigenvalue weighted by Gasteiger charge is -2.11. The largest absolute Gasteiger partial charge is 0.491 e. The molecule has 0 aliphatic carbocycles. The van der Waals surface area contributed by atoms with E-state index in [2.05, 4.69) is 14.7 Å². The molecule has 2 rings (SSSR count). The quantitative estimate of drug-likeness (QED) is 0.630. The second kappa shape index (κ2) is 6.57. The number of nitro benzene ring substituents is 1. The van der Waals surface area contributed by atoms with Gasteiger partial charge in [0.25, 0.3) is 15.7 Å². The van der Waals surface area contributed by atoms with Crippen LogP contribution in [-0.4, -0.2) is 29.4 Å². The van der Waals surface area contributed by atoms with Gasteiger partial charge in [0.05, 0.1) is 17.1 Å². The van der Waals surface area contributed by atoms with Gasteiger partial charge >= 0.3 is 0 Å². The molecule has 0 bridgehead atoms. The smallest absolute Gasteiger partial charge is 0.293 e. The van der Waals surface area contributed by atoms with Gasteiger partial charge in [-0.25, -0.2) is 23.1 Å². The van der Waals surface area contributed by atoms with Crippen molar-refractivity contribution < 1.29 is 18.1 Å². The van der Waals surface area contributed by atoms with Gasteiger partial charge in [-0.05, 0) is 32.0 Å². The highest BCUT2D eigenvalue weighted by Crippen LogP contribution is 2.29. The van der Waals surface area contributed by atoms with Gasteiger partial charge in [-0.2, -0.15) is 0 Å². The average molecular weight is 338 g/mol. The van der Waals surface area contributed by atoms with Crippen molar-refractivity contribution in [1.82, 2.24) is 9.97 Å². The van der Waals surface area contributed by atoms with Gasteiger partial charge in [0.2, 0.25) is 5.95 Å². The lowest BCUT2D eigenvalue weighted by atomic mass is 10.3. The first-order chi connectivity index (χ1) is 10.8. The summed E-state index contributed by atoms with van der Waals surface area (Å²) >= 11 is 0. The first-order valence-electron chi connectivity index (χ1n) is 6.54. The summed E-state index contributed by atoms with van der Waals surface area (Å²) in [6.45, 7) is 3.51. The fourth-order valence-corrected chi connectivity index (χ4v) is 2.85. The number of hydrogen-bond donors (Lipinski definition) is 1. The van der Waals surface area contributed by atoms with E-state index in [4.69, 9.17) is 4.74 Å². The van der Waals surface area contributed by atoms with Gasteiger partial charge in [0.1, 0.15) is 5.75 Å². The lowest BCUT2D eigenvalue weighted by Crippen LogP contribution is -2.16. The number of nitrogens with one attached hydrogen (secondary N) is 1. The standard InChI is InChI=1S/C13H14N4O5S/c1-9(2)22-10-4-5-12(11(8-10)17(18)19)23(20,21)16-13-14-6-3-7-15-13/h3-9H,1-2H3,(H,14,15,16). The molecular weight excluding hydrogens is 324 g/mol. The molecule has 1 heterocycles. The molecule has 0 aliphatic rings. The number of aromatic nitrogens is 2. The maximum absolute atomic E-state index is 12.3. The highest BCUT2D eigenvalue weighted by Gasteiger charge is 2.27. The Morgan fingerprint density at radius 3 is 2.48 bits per heavy atom. The molecule has 1 aromatic carbocycles. The molecule has 9 nitrogen and oxygen atoms in total. The van der Waals surface area contributed by atoms with Crippen LogP contribution in [0.2, 0.25) is 0 Å². The van der Waals surface area contributed by atoms with Crippen molar-refractivity contribution in [2.24, 2.45) is 0 Å². The van der Waals surface area contributed by atoms with E-state index in [1.165, 1.54) is 24.5 Å². The molecular formula is C13H14N4O5S. The van der Waals surface area contributed by atoms with Crippen molar-refractivity contribution in [2.75, 3.05) is 4.72 Å². The predicted molar refractivity (Wildman–Crippen MR) is 81.7 cm³/mol. The minimum atomic E-state index is -4.21. The maximum Gasteiger partial charge on any atom is 0.293 e. The second-order valence-corrected chi connectivity index (χ2v) is 6.38. The number of benzene rings is 1. The van der Waals surface area contributed by atoms with Gasteiger partial charge in [-0.15, -0.1) is 0 Å². The number of nitro groups is 1. The van der Waals surface area contributed by atoms with Crippen LogP contribution >= 0.6 is 0 Å². The van der Waals surface area contributed by atoms with Crippen molar-refractivity contribution in [2.45, 2.75) is 24.8 Å². The Morgan fingerprint density at radius 1 is 1.26 bits per heavy atom. The van der Waals surface area contributed by atoms with Crippen molar-refractivity contribution in [3.63, 3.8) is 0 Å². The zero-order valence-corrected chi connectivity index (χ0v) is 13.1. The molecule has 1 N–H and O–H groups in total. The minimum Gasteiger partial charge on any atom is -0.491 e. The fourth-order valence-electron chi connectivity index (χ4n) is 1.74. The summed E-state index contributed by atoms with van der Waals surface area (Å²) in [5.74, 6) is 0.0333. The van der Waals surface area contributed by atoms with Crippen LogP contribution < -0.4 is 9.46 Å². The van der Waals surface area contributed by atoms with Gasteiger partial charge in [0.15, 0.2) is 4.90 Å². The van der Waals surface area contributed by atoms with E-state index < -0.39 is 25.5 Å². The topological polar surface area (TPSA) is 124 Å². The summed E-state index contributed by atoms with van der Waals surface area (Å²) in [6.07, 6.45) is 2.49. The normalized spacial score (nSPS) is 11.3. The van der Waals surface area contributed by atoms with E-state index in [0.29, 0.717) is 0 Å². The third-order valence-electron chi connectivity index (χ3n) is 2.58. The number of hydrogen-bond acceptors (Lipinski definition) is 7. The highest BCUT2D eigenvalue weighted by atomic mass is 32.2. The van der Waals surface area contributed by atoms with E-state index in [-0.39, 0.29) is 17.8 Å². The Hall–Kier alpha value is -2.75. The first kappa shape index (κ1) is 16.6. The molecule has 0 unspecified atom stereocenters. The average Bonchev–Trinajstić information content (AvgIpc) is 2.46. The van der Waals surface area contributed by atoms with Crippen molar-refractivity contribution >= 4 is 21.7 Å². The molecule has 0 atom stereocenters. The zero-order chi connectivity index (χ0) is 17.0. The Morgan fingerprint density at radius 2 is 1.91 bits per heavy atom. The molecule has 0 fully saturated rings. The fraction of sp³-hybridized carbons (Fsp3) is 0.231. The van der Waals surface area contributed by atoms with Crippen LogP contribution in [-0.2, 0) is 10.0 Å². The Bertz CT molecular complexity index is 808. The minimum absolute atomic E-state index is 0.177. The lowest BCUT2D eigenvalue weighted by molar-refractivity contribution is -0.387. The van der Waals surface area contributed by atoms with E-state index in [0.717, 1.165) is 12.1 Å². The van der Waals surface area contributed by atoms with Crippen LogP contribution in [0.1, 0.15) is 13.8 Å². The third kappa shape index (κ3) is 4.13. The molecule has 0 amide bonds. The van der Waals surface area contributed by atoms with E-state index in [1.807, 2.05) is 0 Å². The SMILES string of the molecule is CC(C)Oc1ccc(S(=O)(=O)Nc2ncccn2)c([N+](=O)[O-])c1. The number of rotatable bonds is 6. The van der Waals surface area contributed by atoms with Gasteiger partial charge in [0, 0.05) is 12.4 Å². The summed E-state index contributed by atoms with van der Waals surface area (Å²) in [5, 5.41) is 11.2. The van der Waals surface area contributed by atoms with Crippen LogP contribution in [0, 0.1) is 10.1 Å². The third-order valence-corrected chi connectivity index (χ3v) is 3.96. The molecule has 1 aromatic heterocycles. The first-order valence-corrected chi connectivity index (χ1v) is 8.03. The molecule has 0 saturated carbocycles. The number of sulfonamides is 1. The van der Waals surface area contributed by atoms with E-state index in [1.54, 1.807) is 13.8 Å². The van der Waals surface area contributed by atoms with Gasteiger partial charge in [-0.1, -0.05) is 0 Å². The Labute approximate surface area is 132 Å². The summed E-state index contributed by atoms with van der Waals surface area (Å²) in [4.78, 5) is 17.4. The molecule has 0 saturated heterocycles. The second-order valence-electron chi connectivity index (χ2n) is 4.73. The van der Waals surface area contributed by atoms with Crippen LogP contribution in [0.15, 0.2) is 41.6 Å². The Kier molecular flexibility index (Phi) is 4.74. The van der Waals surface area contributed by atoms with Crippen LogP contribution in [0.5, 0.6) is 5.75 Å². The summed E-state index contributed by atoms with van der Waals surface area (Å²) in [5.41, 5.74) is -0.591. The van der Waals surface area contributed by atoms with Crippen molar-refractivity contribution in [1.29, 1.82) is 0 Å². The summed E-state index contributed by atoms with van der Waals surface area (Å²) in [7, 11) is -4.21. The van der Waals surface area contributed by atoms with Gasteiger partial charge in [-0.3, -0.25) is 10.1 Å². The molecule has 0 radical (unpaired) electrons.